The van der Waals surface area contributed by atoms with Crippen molar-refractivity contribution < 1.29 is 38.1 Å². The van der Waals surface area contributed by atoms with Gasteiger partial charge in [-0.1, -0.05) is 42.5 Å². The van der Waals surface area contributed by atoms with Crippen molar-refractivity contribution in [3.63, 3.8) is 0 Å². The number of allylic oxidation sites excluding steroid dienone is 2. The van der Waals surface area contributed by atoms with Crippen molar-refractivity contribution in [1.29, 1.82) is 0 Å². The van der Waals surface area contributed by atoms with E-state index in [1.165, 1.54) is 13.3 Å². The molecule has 0 unspecified atom stereocenters. The SMILES string of the molecule is C=CCc1cc(/C=N\NC(=O)COc2ccc([C@H]3NC(=O)NC(C)=C3C(=O)OCC)cc2OC)cc(OCC)c1OCc1ccccc1. The summed E-state index contributed by atoms with van der Waals surface area (Å²) in [5, 5.41) is 9.44. The van der Waals surface area contributed by atoms with Crippen LogP contribution in [0.5, 0.6) is 23.0 Å². The van der Waals surface area contributed by atoms with Gasteiger partial charge in [0.15, 0.2) is 29.6 Å². The van der Waals surface area contributed by atoms with Crippen LogP contribution in [-0.2, 0) is 27.4 Å². The highest BCUT2D eigenvalue weighted by Crippen LogP contribution is 2.36. The lowest BCUT2D eigenvalue weighted by Crippen LogP contribution is -2.45. The number of amides is 3. The number of nitrogens with one attached hydrogen (secondary N) is 3. The third-order valence-corrected chi connectivity index (χ3v) is 7.09. The zero-order chi connectivity index (χ0) is 34.5. The molecular formula is C36H40N4O8. The molecule has 48 heavy (non-hydrogen) atoms. The summed E-state index contributed by atoms with van der Waals surface area (Å²) in [6.45, 7) is 9.72. The van der Waals surface area contributed by atoms with Crippen LogP contribution in [-0.4, -0.2) is 51.1 Å². The van der Waals surface area contributed by atoms with Gasteiger partial charge in [0.05, 0.1) is 38.2 Å². The number of methoxy groups -OCH3 is 1. The van der Waals surface area contributed by atoms with Crippen LogP contribution in [0, 0.1) is 0 Å². The maximum Gasteiger partial charge on any atom is 0.338 e. The van der Waals surface area contributed by atoms with Crippen LogP contribution in [0.25, 0.3) is 0 Å². The van der Waals surface area contributed by atoms with Crippen molar-refractivity contribution in [3.05, 3.63) is 107 Å². The smallest absolute Gasteiger partial charge is 0.338 e. The Morgan fingerprint density at radius 2 is 1.77 bits per heavy atom. The first-order valence-corrected chi connectivity index (χ1v) is 15.4. The summed E-state index contributed by atoms with van der Waals surface area (Å²) in [4.78, 5) is 37.5. The molecule has 1 heterocycles. The minimum absolute atomic E-state index is 0.180. The fourth-order valence-electron chi connectivity index (χ4n) is 4.98. The molecule has 12 heteroatoms. The third kappa shape index (κ3) is 9.15. The largest absolute Gasteiger partial charge is 0.493 e. The van der Waals surface area contributed by atoms with Gasteiger partial charge in [0.25, 0.3) is 5.91 Å². The minimum Gasteiger partial charge on any atom is -0.493 e. The molecule has 0 bridgehead atoms. The second-order valence-electron chi connectivity index (χ2n) is 10.5. The number of esters is 1. The molecule has 252 valence electrons. The Balaban J connectivity index is 1.42. The molecule has 0 saturated heterocycles. The van der Waals surface area contributed by atoms with Gasteiger partial charge in [0, 0.05) is 11.3 Å². The summed E-state index contributed by atoms with van der Waals surface area (Å²) >= 11 is 0. The molecule has 0 aromatic heterocycles. The first-order valence-electron chi connectivity index (χ1n) is 15.4. The van der Waals surface area contributed by atoms with Crippen molar-refractivity contribution in [2.45, 2.75) is 39.8 Å². The van der Waals surface area contributed by atoms with E-state index in [-0.39, 0.29) is 24.5 Å². The number of benzene rings is 3. The fourth-order valence-corrected chi connectivity index (χ4v) is 4.98. The molecule has 0 aliphatic carbocycles. The zero-order valence-electron chi connectivity index (χ0n) is 27.5. The molecule has 3 aromatic carbocycles. The first kappa shape index (κ1) is 35.1. The zero-order valence-corrected chi connectivity index (χ0v) is 27.5. The summed E-state index contributed by atoms with van der Waals surface area (Å²) in [6, 6.07) is 17.2. The van der Waals surface area contributed by atoms with E-state index >= 15 is 0 Å². The van der Waals surface area contributed by atoms with Gasteiger partial charge in [-0.15, -0.1) is 6.58 Å². The minimum atomic E-state index is -0.780. The number of rotatable bonds is 16. The van der Waals surface area contributed by atoms with E-state index in [2.05, 4.69) is 27.7 Å². The maximum absolute atomic E-state index is 12.7. The van der Waals surface area contributed by atoms with Crippen LogP contribution in [0.2, 0.25) is 0 Å². The molecule has 1 aliphatic rings. The van der Waals surface area contributed by atoms with Crippen molar-refractivity contribution >= 4 is 24.1 Å². The monoisotopic (exact) mass is 656 g/mol. The van der Waals surface area contributed by atoms with Crippen molar-refractivity contribution in [1.82, 2.24) is 16.1 Å². The molecule has 1 atom stereocenters. The number of nitrogens with zero attached hydrogens (tertiary/aromatic N) is 1. The van der Waals surface area contributed by atoms with Crippen LogP contribution in [0.15, 0.2) is 89.7 Å². The Kier molecular flexibility index (Phi) is 12.6. The highest BCUT2D eigenvalue weighted by Gasteiger charge is 2.32. The van der Waals surface area contributed by atoms with Crippen LogP contribution in [0.4, 0.5) is 4.79 Å². The van der Waals surface area contributed by atoms with Crippen LogP contribution >= 0.6 is 0 Å². The molecule has 3 N–H and O–H groups in total. The van der Waals surface area contributed by atoms with E-state index in [4.69, 9.17) is 23.7 Å². The van der Waals surface area contributed by atoms with E-state index in [0.29, 0.717) is 53.7 Å². The van der Waals surface area contributed by atoms with Crippen LogP contribution in [0.3, 0.4) is 0 Å². The molecule has 12 nitrogen and oxygen atoms in total. The van der Waals surface area contributed by atoms with Gasteiger partial charge in [0.1, 0.15) is 6.61 Å². The molecule has 0 radical (unpaired) electrons. The topological polar surface area (TPSA) is 146 Å². The molecule has 3 amide bonds. The highest BCUT2D eigenvalue weighted by molar-refractivity contribution is 5.95. The summed E-state index contributed by atoms with van der Waals surface area (Å²) in [5.41, 5.74) is 6.26. The number of carbonyl (C=O) groups is 3. The van der Waals surface area contributed by atoms with Crippen molar-refractivity contribution in [2.75, 3.05) is 26.9 Å². The van der Waals surface area contributed by atoms with Gasteiger partial charge >= 0.3 is 12.0 Å². The van der Waals surface area contributed by atoms with Gasteiger partial charge < -0.3 is 34.3 Å². The number of hydrogen-bond donors (Lipinski definition) is 3. The lowest BCUT2D eigenvalue weighted by atomic mass is 9.95. The van der Waals surface area contributed by atoms with Crippen LogP contribution < -0.4 is 35.0 Å². The Morgan fingerprint density at radius 3 is 2.48 bits per heavy atom. The Labute approximate surface area is 279 Å². The van der Waals surface area contributed by atoms with E-state index in [1.54, 1.807) is 44.2 Å². The summed E-state index contributed by atoms with van der Waals surface area (Å²) in [7, 11) is 1.44. The molecule has 3 aromatic rings. The number of hydrazone groups is 1. The average molecular weight is 657 g/mol. The van der Waals surface area contributed by atoms with E-state index in [0.717, 1.165) is 11.1 Å². The van der Waals surface area contributed by atoms with E-state index in [1.807, 2.05) is 43.3 Å². The summed E-state index contributed by atoms with van der Waals surface area (Å²) in [6.07, 6.45) is 3.82. The van der Waals surface area contributed by atoms with Gasteiger partial charge in [-0.25, -0.2) is 15.0 Å². The number of carbonyl (C=O) groups excluding carboxylic acids is 3. The molecule has 1 aliphatic heterocycles. The average Bonchev–Trinajstić information content (AvgIpc) is 3.07. The Bertz CT molecular complexity index is 1690. The van der Waals surface area contributed by atoms with Crippen LogP contribution in [0.1, 0.15) is 49.1 Å². The first-order chi connectivity index (χ1) is 23.3. The molecule has 0 spiro atoms. The van der Waals surface area contributed by atoms with Crippen molar-refractivity contribution in [3.8, 4) is 23.0 Å². The lowest BCUT2D eigenvalue weighted by molar-refractivity contribution is -0.139. The van der Waals surface area contributed by atoms with E-state index < -0.39 is 23.9 Å². The predicted octanol–water partition coefficient (Wildman–Crippen LogP) is 5.12. The van der Waals surface area contributed by atoms with Gasteiger partial charge in [0.2, 0.25) is 0 Å². The third-order valence-electron chi connectivity index (χ3n) is 7.09. The quantitative estimate of drug-likeness (QED) is 0.0834. The second kappa shape index (κ2) is 17.2. The van der Waals surface area contributed by atoms with Gasteiger partial charge in [-0.2, -0.15) is 5.10 Å². The highest BCUT2D eigenvalue weighted by atomic mass is 16.5. The van der Waals surface area contributed by atoms with Gasteiger partial charge in [-0.05, 0) is 68.1 Å². The standard InChI is InChI=1S/C36H40N4O8/c1-6-12-27-17-25(18-30(45-7-2)34(27)48-21-24-13-10-9-11-14-24)20-37-40-31(41)22-47-28-16-15-26(19-29(28)44-5)33-32(35(42)46-8-3)23(4)38-36(43)39-33/h6,9-11,13-20,33H,1,7-8,12,21-22H2,2-5H3,(H,40,41)(H2,38,39,43)/b37-20-/t33-/m1/s1. The molecular weight excluding hydrogens is 616 g/mol. The van der Waals surface area contributed by atoms with E-state index in [9.17, 15) is 14.4 Å². The Morgan fingerprint density at radius 1 is 0.979 bits per heavy atom. The lowest BCUT2D eigenvalue weighted by Gasteiger charge is -2.28. The predicted molar refractivity (Wildman–Crippen MR) is 180 cm³/mol. The molecule has 0 fully saturated rings. The Hall–Kier alpha value is -5.78. The second-order valence-corrected chi connectivity index (χ2v) is 10.5. The number of ether oxygens (including phenoxy) is 5. The normalized spacial score (nSPS) is 14.1. The van der Waals surface area contributed by atoms with Gasteiger partial charge in [-0.3, -0.25) is 4.79 Å². The molecule has 0 saturated carbocycles. The summed E-state index contributed by atoms with van der Waals surface area (Å²) < 4.78 is 28.4. The fraction of sp³-hybridized carbons (Fsp3) is 0.278. The number of urea groups is 1. The molecule has 4 rings (SSSR count). The summed E-state index contributed by atoms with van der Waals surface area (Å²) in [5.74, 6) is 0.697. The maximum atomic E-state index is 12.7. The number of hydrogen-bond acceptors (Lipinski definition) is 9. The van der Waals surface area contributed by atoms with Crippen molar-refractivity contribution in [2.24, 2.45) is 5.10 Å².